The van der Waals surface area contributed by atoms with Gasteiger partial charge in [0.25, 0.3) is 0 Å². The van der Waals surface area contributed by atoms with Crippen LogP contribution in [0.5, 0.6) is 5.75 Å². The summed E-state index contributed by atoms with van der Waals surface area (Å²) < 4.78 is 5.21. The third-order valence-electron chi connectivity index (χ3n) is 5.20. The smallest absolute Gasteiger partial charge is 0.244 e. The molecule has 0 saturated carbocycles. The highest BCUT2D eigenvalue weighted by atomic mass is 16.5. The zero-order valence-corrected chi connectivity index (χ0v) is 16.1. The molecule has 1 atom stereocenters. The van der Waals surface area contributed by atoms with Gasteiger partial charge in [-0.3, -0.25) is 9.69 Å². The van der Waals surface area contributed by atoms with Crippen molar-refractivity contribution in [3.63, 3.8) is 0 Å². The molecule has 26 heavy (non-hydrogen) atoms. The Balaban J connectivity index is 1.67. The highest BCUT2D eigenvalue weighted by Gasteiger charge is 2.32. The van der Waals surface area contributed by atoms with Gasteiger partial charge >= 0.3 is 0 Å². The Labute approximate surface area is 156 Å². The van der Waals surface area contributed by atoms with E-state index in [0.717, 1.165) is 31.1 Å². The third-order valence-corrected chi connectivity index (χ3v) is 5.20. The molecular weight excluding hydrogens is 324 g/mol. The van der Waals surface area contributed by atoms with Gasteiger partial charge in [-0.1, -0.05) is 38.1 Å². The maximum absolute atomic E-state index is 12.9. The van der Waals surface area contributed by atoms with Gasteiger partial charge in [0.15, 0.2) is 0 Å². The molecule has 0 bridgehead atoms. The normalized spacial score (nSPS) is 18.4. The highest BCUT2D eigenvalue weighted by Crippen LogP contribution is 2.24. The topological polar surface area (TPSA) is 32.8 Å². The SMILES string of the molecule is COc1ccc(CN2CCN(c3ccc(C(C)C)cc3)C(=O)[C@H]2C)cc1. The van der Waals surface area contributed by atoms with Crippen LogP contribution in [-0.4, -0.2) is 37.0 Å². The predicted molar refractivity (Wildman–Crippen MR) is 106 cm³/mol. The van der Waals surface area contributed by atoms with Gasteiger partial charge in [0.05, 0.1) is 13.2 Å². The number of carbonyl (C=O) groups excluding carboxylic acids is 1. The highest BCUT2D eigenvalue weighted by molar-refractivity contribution is 5.97. The molecule has 1 saturated heterocycles. The van der Waals surface area contributed by atoms with Crippen molar-refractivity contribution in [3.8, 4) is 5.75 Å². The molecule has 1 heterocycles. The maximum atomic E-state index is 12.9. The van der Waals surface area contributed by atoms with Gasteiger partial charge in [0.1, 0.15) is 5.75 Å². The van der Waals surface area contributed by atoms with Crippen LogP contribution in [0.2, 0.25) is 0 Å². The lowest BCUT2D eigenvalue weighted by molar-refractivity contribution is -0.125. The van der Waals surface area contributed by atoms with Crippen molar-refractivity contribution in [2.24, 2.45) is 0 Å². The molecule has 1 aliphatic heterocycles. The van der Waals surface area contributed by atoms with Crippen LogP contribution in [0.15, 0.2) is 48.5 Å². The van der Waals surface area contributed by atoms with Gasteiger partial charge in [-0.05, 0) is 48.2 Å². The van der Waals surface area contributed by atoms with Crippen LogP contribution in [0, 0.1) is 0 Å². The van der Waals surface area contributed by atoms with Crippen LogP contribution < -0.4 is 9.64 Å². The van der Waals surface area contributed by atoms with Gasteiger partial charge in [0.2, 0.25) is 5.91 Å². The van der Waals surface area contributed by atoms with Gasteiger partial charge in [-0.2, -0.15) is 0 Å². The zero-order valence-electron chi connectivity index (χ0n) is 16.1. The molecule has 0 aromatic heterocycles. The Kier molecular flexibility index (Phi) is 5.62. The molecule has 2 aromatic rings. The standard InChI is InChI=1S/C22H28N2O2/c1-16(2)19-7-9-20(10-8-19)24-14-13-23(17(3)22(24)25)15-18-5-11-21(26-4)12-6-18/h5-12,16-17H,13-15H2,1-4H3/t17-/m1/s1. The monoisotopic (exact) mass is 352 g/mol. The number of ether oxygens (including phenoxy) is 1. The van der Waals surface area contributed by atoms with E-state index >= 15 is 0 Å². The number of anilines is 1. The van der Waals surface area contributed by atoms with E-state index < -0.39 is 0 Å². The Bertz CT molecular complexity index is 738. The second-order valence-electron chi connectivity index (χ2n) is 7.23. The van der Waals surface area contributed by atoms with Crippen molar-refractivity contribution in [2.75, 3.05) is 25.1 Å². The summed E-state index contributed by atoms with van der Waals surface area (Å²) in [5.74, 6) is 1.52. The van der Waals surface area contributed by atoms with Crippen molar-refractivity contribution >= 4 is 11.6 Å². The Morgan fingerprint density at radius 2 is 1.69 bits per heavy atom. The van der Waals surface area contributed by atoms with Crippen molar-refractivity contribution in [1.82, 2.24) is 4.90 Å². The summed E-state index contributed by atoms with van der Waals surface area (Å²) in [6.07, 6.45) is 0. The van der Waals surface area contributed by atoms with Crippen LogP contribution in [0.3, 0.4) is 0 Å². The fourth-order valence-corrected chi connectivity index (χ4v) is 3.39. The number of benzene rings is 2. The first kappa shape index (κ1) is 18.5. The molecule has 138 valence electrons. The molecule has 0 aliphatic carbocycles. The van der Waals surface area contributed by atoms with E-state index in [0.29, 0.717) is 5.92 Å². The molecule has 3 rings (SSSR count). The summed E-state index contributed by atoms with van der Waals surface area (Å²) in [7, 11) is 1.67. The first-order valence-electron chi connectivity index (χ1n) is 9.28. The quantitative estimate of drug-likeness (QED) is 0.814. The molecule has 1 fully saturated rings. The largest absolute Gasteiger partial charge is 0.497 e. The lowest BCUT2D eigenvalue weighted by atomic mass is 10.0. The maximum Gasteiger partial charge on any atom is 0.244 e. The van der Waals surface area contributed by atoms with E-state index in [1.807, 2.05) is 24.0 Å². The number of amides is 1. The van der Waals surface area contributed by atoms with Gasteiger partial charge in [0, 0.05) is 25.3 Å². The lowest BCUT2D eigenvalue weighted by Gasteiger charge is -2.39. The minimum absolute atomic E-state index is 0.129. The van der Waals surface area contributed by atoms with Crippen LogP contribution in [0.1, 0.15) is 37.8 Å². The van der Waals surface area contributed by atoms with E-state index in [9.17, 15) is 4.79 Å². The van der Waals surface area contributed by atoms with Gasteiger partial charge in [-0.25, -0.2) is 0 Å². The molecule has 4 heteroatoms. The average Bonchev–Trinajstić information content (AvgIpc) is 2.66. The molecule has 4 nitrogen and oxygen atoms in total. The molecule has 0 unspecified atom stereocenters. The van der Waals surface area contributed by atoms with Crippen LogP contribution in [-0.2, 0) is 11.3 Å². The fraction of sp³-hybridized carbons (Fsp3) is 0.409. The molecular formula is C22H28N2O2. The molecule has 1 amide bonds. The second-order valence-corrected chi connectivity index (χ2v) is 7.23. The van der Waals surface area contributed by atoms with Crippen LogP contribution in [0.25, 0.3) is 0 Å². The van der Waals surface area contributed by atoms with E-state index in [-0.39, 0.29) is 11.9 Å². The molecule has 2 aromatic carbocycles. The van der Waals surface area contributed by atoms with Crippen molar-refractivity contribution in [2.45, 2.75) is 39.3 Å². The third kappa shape index (κ3) is 3.91. The van der Waals surface area contributed by atoms with E-state index in [1.165, 1.54) is 11.1 Å². The fourth-order valence-electron chi connectivity index (χ4n) is 3.39. The van der Waals surface area contributed by atoms with E-state index in [1.54, 1.807) is 7.11 Å². The summed E-state index contributed by atoms with van der Waals surface area (Å²) in [6, 6.07) is 16.3. The average molecular weight is 352 g/mol. The molecule has 0 spiro atoms. The van der Waals surface area contributed by atoms with E-state index in [2.05, 4.69) is 55.1 Å². The Morgan fingerprint density at radius 3 is 2.27 bits per heavy atom. The summed E-state index contributed by atoms with van der Waals surface area (Å²) in [5, 5.41) is 0. The Hall–Kier alpha value is -2.33. The first-order valence-corrected chi connectivity index (χ1v) is 9.28. The zero-order chi connectivity index (χ0) is 18.7. The summed E-state index contributed by atoms with van der Waals surface area (Å²) >= 11 is 0. The molecule has 0 N–H and O–H groups in total. The van der Waals surface area contributed by atoms with Crippen molar-refractivity contribution in [3.05, 3.63) is 59.7 Å². The minimum atomic E-state index is -0.129. The summed E-state index contributed by atoms with van der Waals surface area (Å²) in [5.41, 5.74) is 3.49. The summed E-state index contributed by atoms with van der Waals surface area (Å²) in [4.78, 5) is 17.1. The van der Waals surface area contributed by atoms with Crippen LogP contribution >= 0.6 is 0 Å². The number of piperazine rings is 1. The number of rotatable bonds is 5. The number of hydrogen-bond acceptors (Lipinski definition) is 3. The Morgan fingerprint density at radius 1 is 1.04 bits per heavy atom. The second kappa shape index (κ2) is 7.92. The predicted octanol–water partition coefficient (Wildman–Crippen LogP) is 4.06. The van der Waals surface area contributed by atoms with Crippen molar-refractivity contribution in [1.29, 1.82) is 0 Å². The molecule has 1 aliphatic rings. The lowest BCUT2D eigenvalue weighted by Crippen LogP contribution is -2.55. The van der Waals surface area contributed by atoms with Gasteiger partial charge < -0.3 is 9.64 Å². The first-order chi connectivity index (χ1) is 12.5. The van der Waals surface area contributed by atoms with Gasteiger partial charge in [-0.15, -0.1) is 0 Å². The number of nitrogens with zero attached hydrogens (tertiary/aromatic N) is 2. The van der Waals surface area contributed by atoms with E-state index in [4.69, 9.17) is 4.74 Å². The number of methoxy groups -OCH3 is 1. The molecule has 0 radical (unpaired) electrons. The van der Waals surface area contributed by atoms with Crippen molar-refractivity contribution < 1.29 is 9.53 Å². The minimum Gasteiger partial charge on any atom is -0.497 e. The number of carbonyl (C=O) groups is 1. The number of hydrogen-bond donors (Lipinski definition) is 0. The van der Waals surface area contributed by atoms with Crippen LogP contribution in [0.4, 0.5) is 5.69 Å². The summed E-state index contributed by atoms with van der Waals surface area (Å²) in [6.45, 7) is 8.73.